The molecule has 2 aliphatic heterocycles. The molecule has 0 saturated carbocycles. The van der Waals surface area contributed by atoms with Crippen LogP contribution in [-0.2, 0) is 27.8 Å². The van der Waals surface area contributed by atoms with Gasteiger partial charge in [0.05, 0.1) is 13.0 Å². The Labute approximate surface area is 149 Å². The zero-order chi connectivity index (χ0) is 18.0. The zero-order valence-corrected chi connectivity index (χ0v) is 15.6. The lowest BCUT2D eigenvalue weighted by molar-refractivity contribution is -0.131. The van der Waals surface area contributed by atoms with E-state index in [0.717, 1.165) is 30.8 Å². The van der Waals surface area contributed by atoms with Crippen molar-refractivity contribution in [2.75, 3.05) is 46.9 Å². The summed E-state index contributed by atoms with van der Waals surface area (Å²) in [5.41, 5.74) is 2.15. The van der Waals surface area contributed by atoms with Gasteiger partial charge < -0.3 is 9.64 Å². The molecule has 2 aliphatic rings. The van der Waals surface area contributed by atoms with Gasteiger partial charge in [-0.15, -0.1) is 0 Å². The number of rotatable bonds is 4. The van der Waals surface area contributed by atoms with Crippen LogP contribution in [0.2, 0.25) is 0 Å². The van der Waals surface area contributed by atoms with Crippen LogP contribution in [0.25, 0.3) is 0 Å². The van der Waals surface area contributed by atoms with Crippen LogP contribution >= 0.6 is 0 Å². The van der Waals surface area contributed by atoms with Gasteiger partial charge in [0.25, 0.3) is 10.2 Å². The number of carbonyl (C=O) groups is 1. The van der Waals surface area contributed by atoms with Crippen LogP contribution in [0.4, 0.5) is 0 Å². The minimum Gasteiger partial charge on any atom is -0.493 e. The van der Waals surface area contributed by atoms with Crippen molar-refractivity contribution >= 4 is 16.1 Å². The molecule has 8 heteroatoms. The van der Waals surface area contributed by atoms with Crippen molar-refractivity contribution in [2.45, 2.75) is 19.3 Å². The van der Waals surface area contributed by atoms with E-state index in [1.807, 2.05) is 12.1 Å². The highest BCUT2D eigenvalue weighted by Gasteiger charge is 2.30. The van der Waals surface area contributed by atoms with Gasteiger partial charge in [0, 0.05) is 40.3 Å². The Balaban J connectivity index is 1.58. The van der Waals surface area contributed by atoms with Gasteiger partial charge in [-0.05, 0) is 30.0 Å². The van der Waals surface area contributed by atoms with Crippen LogP contribution in [0.15, 0.2) is 18.2 Å². The summed E-state index contributed by atoms with van der Waals surface area (Å²) in [7, 11) is -0.362. The minimum absolute atomic E-state index is 0.0404. The van der Waals surface area contributed by atoms with Gasteiger partial charge in [-0.2, -0.15) is 17.0 Å². The molecule has 0 unspecified atom stereocenters. The molecule has 3 rings (SSSR count). The zero-order valence-electron chi connectivity index (χ0n) is 14.8. The number of carbonyl (C=O) groups excluding carboxylic acids is 1. The highest BCUT2D eigenvalue weighted by molar-refractivity contribution is 7.86. The Morgan fingerprint density at radius 1 is 1.20 bits per heavy atom. The average molecular weight is 367 g/mol. The van der Waals surface area contributed by atoms with Crippen molar-refractivity contribution in [3.8, 4) is 5.75 Å². The Bertz CT molecular complexity index is 740. The molecule has 0 atom stereocenters. The molecule has 1 amide bonds. The highest BCUT2D eigenvalue weighted by Crippen LogP contribution is 2.26. The predicted octanol–water partition coefficient (Wildman–Crippen LogP) is 0.505. The van der Waals surface area contributed by atoms with Crippen molar-refractivity contribution in [3.05, 3.63) is 29.3 Å². The van der Waals surface area contributed by atoms with Crippen molar-refractivity contribution in [3.63, 3.8) is 0 Å². The summed E-state index contributed by atoms with van der Waals surface area (Å²) in [6.45, 7) is 2.29. The lowest BCUT2D eigenvalue weighted by atomic mass is 10.0. The second kappa shape index (κ2) is 7.31. The molecule has 0 radical (unpaired) electrons. The Morgan fingerprint density at radius 2 is 1.92 bits per heavy atom. The van der Waals surface area contributed by atoms with E-state index < -0.39 is 10.2 Å². The summed E-state index contributed by atoms with van der Waals surface area (Å²) in [6, 6.07) is 5.94. The van der Waals surface area contributed by atoms with E-state index >= 15 is 0 Å². The van der Waals surface area contributed by atoms with E-state index in [0.29, 0.717) is 32.6 Å². The highest BCUT2D eigenvalue weighted by atomic mass is 32.2. The van der Waals surface area contributed by atoms with E-state index in [9.17, 15) is 13.2 Å². The monoisotopic (exact) mass is 367 g/mol. The first kappa shape index (κ1) is 18.2. The summed E-state index contributed by atoms with van der Waals surface area (Å²) in [5.74, 6) is 0.962. The lowest BCUT2D eigenvalue weighted by Crippen LogP contribution is -2.53. The normalized spacial score (nSPS) is 18.8. The summed E-state index contributed by atoms with van der Waals surface area (Å²) in [6.07, 6.45) is 2.33. The molecular formula is C17H25N3O4S. The average Bonchev–Trinajstić information content (AvgIpc) is 2.61. The van der Waals surface area contributed by atoms with Crippen LogP contribution in [0, 0.1) is 0 Å². The number of fused-ring (bicyclic) bond motifs is 1. The number of ether oxygens (including phenoxy) is 1. The maximum absolute atomic E-state index is 12.5. The first-order valence-corrected chi connectivity index (χ1v) is 9.97. The lowest BCUT2D eigenvalue weighted by Gasteiger charge is -2.35. The summed E-state index contributed by atoms with van der Waals surface area (Å²) < 4.78 is 32.5. The van der Waals surface area contributed by atoms with E-state index in [1.54, 1.807) is 4.90 Å². The van der Waals surface area contributed by atoms with Crippen LogP contribution < -0.4 is 4.74 Å². The van der Waals surface area contributed by atoms with E-state index in [2.05, 4.69) is 6.07 Å². The summed E-state index contributed by atoms with van der Waals surface area (Å²) in [5, 5.41) is 0. The maximum Gasteiger partial charge on any atom is 0.281 e. The van der Waals surface area contributed by atoms with Crippen LogP contribution in [0.5, 0.6) is 5.75 Å². The number of amides is 1. The molecular weight excluding hydrogens is 342 g/mol. The third-order valence-corrected chi connectivity index (χ3v) is 6.65. The van der Waals surface area contributed by atoms with Gasteiger partial charge in [-0.3, -0.25) is 4.79 Å². The Morgan fingerprint density at radius 3 is 2.60 bits per heavy atom. The molecule has 0 spiro atoms. The maximum atomic E-state index is 12.5. The smallest absolute Gasteiger partial charge is 0.281 e. The molecule has 138 valence electrons. The number of aryl methyl sites for hydroxylation is 1. The first-order valence-electron chi connectivity index (χ1n) is 8.58. The Kier molecular flexibility index (Phi) is 5.31. The van der Waals surface area contributed by atoms with Crippen molar-refractivity contribution in [1.29, 1.82) is 0 Å². The van der Waals surface area contributed by atoms with Crippen LogP contribution in [0.1, 0.15) is 17.5 Å². The number of piperazine rings is 1. The van der Waals surface area contributed by atoms with Crippen molar-refractivity contribution in [2.24, 2.45) is 0 Å². The number of hydrogen-bond donors (Lipinski definition) is 0. The second-order valence-electron chi connectivity index (χ2n) is 6.64. The van der Waals surface area contributed by atoms with Gasteiger partial charge in [-0.1, -0.05) is 12.1 Å². The van der Waals surface area contributed by atoms with E-state index in [-0.39, 0.29) is 5.91 Å². The molecule has 0 bridgehead atoms. The molecule has 1 saturated heterocycles. The largest absolute Gasteiger partial charge is 0.493 e. The minimum atomic E-state index is -3.40. The second-order valence-corrected chi connectivity index (χ2v) is 8.78. The first-order chi connectivity index (χ1) is 11.9. The van der Waals surface area contributed by atoms with Crippen molar-refractivity contribution in [1.82, 2.24) is 13.5 Å². The SMILES string of the molecule is CN(C)S(=O)(=O)N1CCN(C(=O)Cc2ccc3c(c2)CCCO3)CC1. The van der Waals surface area contributed by atoms with E-state index in [1.165, 1.54) is 28.3 Å². The third kappa shape index (κ3) is 3.96. The molecule has 25 heavy (non-hydrogen) atoms. The molecule has 1 aromatic rings. The van der Waals surface area contributed by atoms with Gasteiger partial charge in [0.2, 0.25) is 5.91 Å². The predicted molar refractivity (Wildman–Crippen MR) is 94.7 cm³/mol. The fourth-order valence-electron chi connectivity index (χ4n) is 3.21. The molecule has 0 aromatic heterocycles. The molecule has 7 nitrogen and oxygen atoms in total. The number of hydrogen-bond acceptors (Lipinski definition) is 4. The van der Waals surface area contributed by atoms with Gasteiger partial charge in [0.15, 0.2) is 0 Å². The third-order valence-electron chi connectivity index (χ3n) is 4.71. The topological polar surface area (TPSA) is 70.2 Å². The molecule has 1 aromatic carbocycles. The molecule has 0 N–H and O–H groups in total. The van der Waals surface area contributed by atoms with Gasteiger partial charge in [0.1, 0.15) is 5.75 Å². The number of benzene rings is 1. The summed E-state index contributed by atoms with van der Waals surface area (Å²) in [4.78, 5) is 14.3. The van der Waals surface area contributed by atoms with Gasteiger partial charge in [-0.25, -0.2) is 0 Å². The standard InChI is InChI=1S/C17H25N3O4S/c1-18(2)25(22,23)20-9-7-19(8-10-20)17(21)13-14-5-6-16-15(12-14)4-3-11-24-16/h5-6,12H,3-4,7-11,13H2,1-2H3. The van der Waals surface area contributed by atoms with E-state index in [4.69, 9.17) is 4.74 Å². The quantitative estimate of drug-likeness (QED) is 0.777. The molecule has 1 fully saturated rings. The fraction of sp³-hybridized carbons (Fsp3) is 0.588. The van der Waals surface area contributed by atoms with Crippen LogP contribution in [0.3, 0.4) is 0 Å². The summed E-state index contributed by atoms with van der Waals surface area (Å²) >= 11 is 0. The van der Waals surface area contributed by atoms with Crippen molar-refractivity contribution < 1.29 is 17.9 Å². The Hall–Kier alpha value is -1.64. The molecule has 2 heterocycles. The van der Waals surface area contributed by atoms with Gasteiger partial charge >= 0.3 is 0 Å². The fourth-order valence-corrected chi connectivity index (χ4v) is 4.30. The molecule has 0 aliphatic carbocycles. The van der Waals surface area contributed by atoms with Crippen LogP contribution in [-0.4, -0.2) is 74.7 Å². The number of nitrogens with zero attached hydrogens (tertiary/aromatic N) is 3.